The lowest BCUT2D eigenvalue weighted by atomic mass is 10.3. The minimum absolute atomic E-state index is 0.414. The van der Waals surface area contributed by atoms with Crippen LogP contribution in [0.5, 0.6) is 0 Å². The second kappa shape index (κ2) is 3.90. The van der Waals surface area contributed by atoms with Crippen LogP contribution in [0.2, 0.25) is 0 Å². The van der Waals surface area contributed by atoms with Gasteiger partial charge in [-0.1, -0.05) is 12.6 Å². The molecule has 0 saturated heterocycles. The van der Waals surface area contributed by atoms with Crippen molar-refractivity contribution in [1.29, 1.82) is 0 Å². The molecule has 0 atom stereocenters. The smallest absolute Gasteiger partial charge is 0.126 e. The van der Waals surface area contributed by atoms with Crippen LogP contribution in [-0.4, -0.2) is 11.0 Å². The maximum Gasteiger partial charge on any atom is 0.126 e. The van der Waals surface area contributed by atoms with Gasteiger partial charge in [0.05, 0.1) is 5.69 Å². The van der Waals surface area contributed by atoms with Crippen molar-refractivity contribution in [1.82, 2.24) is 4.98 Å². The molecule has 1 aromatic heterocycles. The number of rotatable bonds is 3. The number of hydrogen-bond donors (Lipinski definition) is 1. The van der Waals surface area contributed by atoms with Gasteiger partial charge in [0, 0.05) is 6.04 Å². The van der Waals surface area contributed by atoms with E-state index in [1.807, 2.05) is 18.2 Å². The predicted molar refractivity (Wildman–Crippen MR) is 53.1 cm³/mol. The van der Waals surface area contributed by atoms with Crippen LogP contribution in [0.1, 0.15) is 19.5 Å². The van der Waals surface area contributed by atoms with Gasteiger partial charge in [0.15, 0.2) is 0 Å². The van der Waals surface area contributed by atoms with Crippen molar-refractivity contribution in [3.63, 3.8) is 0 Å². The molecule has 0 aliphatic carbocycles. The lowest BCUT2D eigenvalue weighted by molar-refractivity contribution is 0.889. The van der Waals surface area contributed by atoms with Crippen LogP contribution in [0.25, 0.3) is 6.08 Å². The molecule has 0 unspecified atom stereocenters. The van der Waals surface area contributed by atoms with Crippen LogP contribution < -0.4 is 5.32 Å². The molecule has 1 heterocycles. The van der Waals surface area contributed by atoms with E-state index in [0.29, 0.717) is 6.04 Å². The summed E-state index contributed by atoms with van der Waals surface area (Å²) < 4.78 is 0. The highest BCUT2D eigenvalue weighted by molar-refractivity contribution is 5.47. The van der Waals surface area contributed by atoms with Gasteiger partial charge in [-0.2, -0.15) is 0 Å². The summed E-state index contributed by atoms with van der Waals surface area (Å²) in [6, 6.07) is 6.26. The van der Waals surface area contributed by atoms with Crippen LogP contribution in [-0.2, 0) is 0 Å². The van der Waals surface area contributed by atoms with Gasteiger partial charge < -0.3 is 5.32 Å². The van der Waals surface area contributed by atoms with E-state index >= 15 is 0 Å². The Balaban J connectivity index is 2.79. The van der Waals surface area contributed by atoms with E-state index in [1.54, 1.807) is 6.08 Å². The highest BCUT2D eigenvalue weighted by Crippen LogP contribution is 2.06. The fourth-order valence-corrected chi connectivity index (χ4v) is 0.941. The molecule has 0 amide bonds. The van der Waals surface area contributed by atoms with Gasteiger partial charge in [0.1, 0.15) is 5.82 Å². The summed E-state index contributed by atoms with van der Waals surface area (Å²) in [6.45, 7) is 7.83. The molecule has 1 aromatic rings. The molecule has 0 spiro atoms. The minimum atomic E-state index is 0.414. The SMILES string of the molecule is C=Cc1cccc(NC(C)C)n1. The highest BCUT2D eigenvalue weighted by atomic mass is 15.0. The Labute approximate surface area is 73.3 Å². The Bertz CT molecular complexity index is 266. The maximum atomic E-state index is 4.30. The third-order valence-corrected chi connectivity index (χ3v) is 1.42. The number of aromatic nitrogens is 1. The number of pyridine rings is 1. The molecule has 0 radical (unpaired) electrons. The largest absolute Gasteiger partial charge is 0.368 e. The summed E-state index contributed by atoms with van der Waals surface area (Å²) in [5.74, 6) is 0.905. The third-order valence-electron chi connectivity index (χ3n) is 1.42. The molecule has 0 saturated carbocycles. The van der Waals surface area contributed by atoms with Gasteiger partial charge >= 0.3 is 0 Å². The van der Waals surface area contributed by atoms with E-state index in [2.05, 4.69) is 30.7 Å². The molecular weight excluding hydrogens is 148 g/mol. The summed E-state index contributed by atoms with van der Waals surface area (Å²) in [7, 11) is 0. The lowest BCUT2D eigenvalue weighted by Gasteiger charge is -2.08. The van der Waals surface area contributed by atoms with E-state index in [1.165, 1.54) is 0 Å². The number of hydrogen-bond acceptors (Lipinski definition) is 2. The zero-order valence-electron chi connectivity index (χ0n) is 7.54. The normalized spacial score (nSPS) is 9.92. The summed E-state index contributed by atoms with van der Waals surface area (Å²) in [5, 5.41) is 3.22. The van der Waals surface area contributed by atoms with Crippen molar-refractivity contribution >= 4 is 11.9 Å². The fraction of sp³-hybridized carbons (Fsp3) is 0.300. The highest BCUT2D eigenvalue weighted by Gasteiger charge is 1.95. The predicted octanol–water partition coefficient (Wildman–Crippen LogP) is 2.54. The molecule has 0 aromatic carbocycles. The summed E-state index contributed by atoms with van der Waals surface area (Å²) in [5.41, 5.74) is 0.903. The van der Waals surface area contributed by atoms with E-state index < -0.39 is 0 Å². The topological polar surface area (TPSA) is 24.9 Å². The molecular formula is C10H14N2. The van der Waals surface area contributed by atoms with E-state index in [0.717, 1.165) is 11.5 Å². The van der Waals surface area contributed by atoms with Gasteiger partial charge in [-0.15, -0.1) is 0 Å². The van der Waals surface area contributed by atoms with Gasteiger partial charge in [-0.25, -0.2) is 4.98 Å². The van der Waals surface area contributed by atoms with Gasteiger partial charge in [-0.05, 0) is 32.1 Å². The van der Waals surface area contributed by atoms with Crippen LogP contribution in [0.4, 0.5) is 5.82 Å². The molecule has 2 nitrogen and oxygen atoms in total. The van der Waals surface area contributed by atoms with Crippen molar-refractivity contribution in [2.24, 2.45) is 0 Å². The van der Waals surface area contributed by atoms with Crippen LogP contribution >= 0.6 is 0 Å². The molecule has 0 bridgehead atoms. The van der Waals surface area contributed by atoms with E-state index in [-0.39, 0.29) is 0 Å². The Hall–Kier alpha value is -1.31. The first-order valence-corrected chi connectivity index (χ1v) is 4.08. The third kappa shape index (κ3) is 2.38. The Morgan fingerprint density at radius 1 is 1.50 bits per heavy atom. The number of nitrogens with zero attached hydrogens (tertiary/aromatic N) is 1. The first-order valence-electron chi connectivity index (χ1n) is 4.08. The quantitative estimate of drug-likeness (QED) is 0.738. The molecule has 0 fully saturated rings. The van der Waals surface area contributed by atoms with Crippen LogP contribution in [0.15, 0.2) is 24.8 Å². The van der Waals surface area contributed by atoms with Crippen molar-refractivity contribution in [2.45, 2.75) is 19.9 Å². The summed E-state index contributed by atoms with van der Waals surface area (Å²) in [4.78, 5) is 4.30. The lowest BCUT2D eigenvalue weighted by Crippen LogP contribution is -2.10. The molecule has 64 valence electrons. The summed E-state index contributed by atoms with van der Waals surface area (Å²) in [6.07, 6.45) is 1.74. The van der Waals surface area contributed by atoms with Crippen molar-refractivity contribution in [3.8, 4) is 0 Å². The average molecular weight is 162 g/mol. The number of nitrogens with one attached hydrogen (secondary N) is 1. The second-order valence-electron chi connectivity index (χ2n) is 2.95. The molecule has 2 heteroatoms. The maximum absolute atomic E-state index is 4.30. The van der Waals surface area contributed by atoms with Gasteiger partial charge in [-0.3, -0.25) is 0 Å². The molecule has 12 heavy (non-hydrogen) atoms. The first kappa shape index (κ1) is 8.78. The van der Waals surface area contributed by atoms with E-state index in [9.17, 15) is 0 Å². The van der Waals surface area contributed by atoms with Crippen LogP contribution in [0, 0.1) is 0 Å². The van der Waals surface area contributed by atoms with Gasteiger partial charge in [0.2, 0.25) is 0 Å². The van der Waals surface area contributed by atoms with E-state index in [4.69, 9.17) is 0 Å². The molecule has 1 N–H and O–H groups in total. The minimum Gasteiger partial charge on any atom is -0.368 e. The standard InChI is InChI=1S/C10H14N2/c1-4-9-6-5-7-10(12-9)11-8(2)3/h4-8H,1H2,2-3H3,(H,11,12). The van der Waals surface area contributed by atoms with Crippen molar-refractivity contribution in [3.05, 3.63) is 30.5 Å². The van der Waals surface area contributed by atoms with Crippen molar-refractivity contribution in [2.75, 3.05) is 5.32 Å². The van der Waals surface area contributed by atoms with Crippen LogP contribution in [0.3, 0.4) is 0 Å². The van der Waals surface area contributed by atoms with Crippen molar-refractivity contribution < 1.29 is 0 Å². The Morgan fingerprint density at radius 3 is 2.83 bits per heavy atom. The molecule has 0 aliphatic rings. The monoisotopic (exact) mass is 162 g/mol. The fourth-order valence-electron chi connectivity index (χ4n) is 0.941. The first-order chi connectivity index (χ1) is 5.72. The zero-order chi connectivity index (χ0) is 8.97. The van der Waals surface area contributed by atoms with Gasteiger partial charge in [0.25, 0.3) is 0 Å². The Morgan fingerprint density at radius 2 is 2.25 bits per heavy atom. The zero-order valence-corrected chi connectivity index (χ0v) is 7.54. The molecule has 1 rings (SSSR count). The summed E-state index contributed by atoms with van der Waals surface area (Å²) >= 11 is 0. The number of anilines is 1. The molecule has 0 aliphatic heterocycles. The second-order valence-corrected chi connectivity index (χ2v) is 2.95. The Kier molecular flexibility index (Phi) is 2.86. The average Bonchev–Trinajstić information content (AvgIpc) is 2.03.